The highest BCUT2D eigenvalue weighted by Crippen LogP contribution is 2.14. The molecule has 0 saturated carbocycles. The van der Waals surface area contributed by atoms with Crippen LogP contribution in [0.15, 0.2) is 39.5 Å². The minimum Gasteiger partial charge on any atom is -0.348 e. The zero-order chi connectivity index (χ0) is 12.3. The lowest BCUT2D eigenvalue weighted by Crippen LogP contribution is -2.22. The summed E-state index contributed by atoms with van der Waals surface area (Å²) in [5.41, 5.74) is 2.89. The lowest BCUT2D eigenvalue weighted by molar-refractivity contribution is 0.0951. The molecule has 1 heterocycles. The Morgan fingerprint density at radius 3 is 2.59 bits per heavy atom. The van der Waals surface area contributed by atoms with Gasteiger partial charge in [-0.05, 0) is 35.6 Å². The summed E-state index contributed by atoms with van der Waals surface area (Å²) in [6.45, 7) is 2.51. The van der Waals surface area contributed by atoms with Gasteiger partial charge in [0.15, 0.2) is 0 Å². The maximum absolute atomic E-state index is 11.9. The molecule has 0 fully saturated rings. The molecule has 0 atom stereocenters. The van der Waals surface area contributed by atoms with Gasteiger partial charge in [0, 0.05) is 16.4 Å². The Balaban J connectivity index is 1.97. The highest BCUT2D eigenvalue weighted by Gasteiger charge is 2.08. The van der Waals surface area contributed by atoms with Gasteiger partial charge in [-0.15, -0.1) is 0 Å². The first-order valence-electron chi connectivity index (χ1n) is 5.22. The third-order valence-electron chi connectivity index (χ3n) is 2.47. The van der Waals surface area contributed by atoms with E-state index in [4.69, 9.17) is 0 Å². The summed E-state index contributed by atoms with van der Waals surface area (Å²) in [6, 6.07) is 7.92. The number of nitrogens with one attached hydrogen (secondary N) is 1. The van der Waals surface area contributed by atoms with Gasteiger partial charge in [0.25, 0.3) is 5.91 Å². The number of amides is 1. The quantitative estimate of drug-likeness (QED) is 0.919. The number of hydrogen-bond donors (Lipinski definition) is 1. The van der Waals surface area contributed by atoms with Crippen LogP contribution in [-0.4, -0.2) is 5.91 Å². The van der Waals surface area contributed by atoms with Gasteiger partial charge < -0.3 is 5.32 Å². The summed E-state index contributed by atoms with van der Waals surface area (Å²) in [5.74, 6) is -0.00771. The summed E-state index contributed by atoms with van der Waals surface area (Å²) in [4.78, 5) is 11.9. The van der Waals surface area contributed by atoms with Gasteiger partial charge in [0.2, 0.25) is 0 Å². The number of halogens is 1. The highest BCUT2D eigenvalue weighted by molar-refractivity contribution is 9.10. The van der Waals surface area contributed by atoms with Crippen molar-refractivity contribution in [1.82, 2.24) is 5.32 Å². The summed E-state index contributed by atoms with van der Waals surface area (Å²) in [5, 5.41) is 6.78. The van der Waals surface area contributed by atoms with Gasteiger partial charge in [0.1, 0.15) is 0 Å². The van der Waals surface area contributed by atoms with Gasteiger partial charge in [-0.3, -0.25) is 4.79 Å². The van der Waals surface area contributed by atoms with Crippen molar-refractivity contribution in [2.75, 3.05) is 0 Å². The van der Waals surface area contributed by atoms with E-state index in [1.165, 1.54) is 0 Å². The zero-order valence-corrected chi connectivity index (χ0v) is 11.8. The Morgan fingerprint density at radius 1 is 1.29 bits per heavy atom. The molecule has 4 heteroatoms. The van der Waals surface area contributed by atoms with Crippen LogP contribution >= 0.6 is 27.3 Å². The monoisotopic (exact) mass is 309 g/mol. The van der Waals surface area contributed by atoms with Gasteiger partial charge in [-0.25, -0.2) is 0 Å². The number of carbonyl (C=O) groups is 1. The van der Waals surface area contributed by atoms with Gasteiger partial charge in [-0.2, -0.15) is 11.3 Å². The first-order valence-corrected chi connectivity index (χ1v) is 6.96. The van der Waals surface area contributed by atoms with E-state index >= 15 is 0 Å². The van der Waals surface area contributed by atoms with Crippen LogP contribution in [0.25, 0.3) is 0 Å². The lowest BCUT2D eigenvalue weighted by Gasteiger charge is -2.05. The highest BCUT2D eigenvalue weighted by atomic mass is 79.9. The molecule has 2 rings (SSSR count). The van der Waals surface area contributed by atoms with Crippen molar-refractivity contribution in [3.8, 4) is 0 Å². The molecule has 2 aromatic rings. The van der Waals surface area contributed by atoms with Crippen molar-refractivity contribution >= 4 is 33.2 Å². The van der Waals surface area contributed by atoms with E-state index in [2.05, 4.69) is 21.2 Å². The molecule has 1 amide bonds. The van der Waals surface area contributed by atoms with Crippen molar-refractivity contribution in [3.63, 3.8) is 0 Å². The fraction of sp³-hybridized carbons (Fsp3) is 0.154. The first-order chi connectivity index (χ1) is 8.16. The molecule has 0 aliphatic heterocycles. The van der Waals surface area contributed by atoms with E-state index in [-0.39, 0.29) is 5.91 Å². The van der Waals surface area contributed by atoms with Crippen molar-refractivity contribution in [2.45, 2.75) is 13.5 Å². The number of hydrogen-bond acceptors (Lipinski definition) is 2. The van der Waals surface area contributed by atoms with Crippen LogP contribution in [0.2, 0.25) is 0 Å². The second-order valence-corrected chi connectivity index (χ2v) is 5.44. The minimum atomic E-state index is -0.00771. The molecule has 0 bridgehead atoms. The standard InChI is InChI=1S/C13H12BrNOS/c1-9-7-17-8-12(9)13(16)15-6-10-2-4-11(14)5-3-10/h2-5,7-8H,6H2,1H3,(H,15,16). The molecule has 0 aliphatic rings. The lowest BCUT2D eigenvalue weighted by atomic mass is 10.2. The second kappa shape index (κ2) is 5.47. The maximum atomic E-state index is 11.9. The van der Waals surface area contributed by atoms with Crippen LogP contribution < -0.4 is 5.32 Å². The SMILES string of the molecule is Cc1cscc1C(=O)NCc1ccc(Br)cc1. The number of benzene rings is 1. The van der Waals surface area contributed by atoms with Crippen LogP contribution in [0.1, 0.15) is 21.5 Å². The fourth-order valence-corrected chi connectivity index (χ4v) is 2.57. The Kier molecular flexibility index (Phi) is 3.97. The number of carbonyl (C=O) groups excluding carboxylic acids is 1. The number of rotatable bonds is 3. The molecule has 1 N–H and O–H groups in total. The van der Waals surface area contributed by atoms with E-state index < -0.39 is 0 Å². The summed E-state index contributed by atoms with van der Waals surface area (Å²) in [6.07, 6.45) is 0. The van der Waals surface area contributed by atoms with Crippen molar-refractivity contribution in [3.05, 3.63) is 56.2 Å². The van der Waals surface area contributed by atoms with E-state index in [0.29, 0.717) is 6.54 Å². The van der Waals surface area contributed by atoms with Gasteiger partial charge in [0.05, 0.1) is 5.56 Å². The molecule has 0 saturated heterocycles. The van der Waals surface area contributed by atoms with E-state index in [1.807, 2.05) is 41.9 Å². The average Bonchev–Trinajstić information content (AvgIpc) is 2.74. The zero-order valence-electron chi connectivity index (χ0n) is 9.37. The Labute approximate surface area is 113 Å². The van der Waals surface area contributed by atoms with Crippen molar-refractivity contribution < 1.29 is 4.79 Å². The first kappa shape index (κ1) is 12.3. The normalized spacial score (nSPS) is 10.2. The minimum absolute atomic E-state index is 0.00771. The van der Waals surface area contributed by atoms with E-state index in [0.717, 1.165) is 21.2 Å². The molecule has 0 unspecified atom stereocenters. The van der Waals surface area contributed by atoms with Gasteiger partial charge in [-0.1, -0.05) is 28.1 Å². The Morgan fingerprint density at radius 2 is 2.00 bits per heavy atom. The van der Waals surface area contributed by atoms with Crippen molar-refractivity contribution in [2.24, 2.45) is 0 Å². The van der Waals surface area contributed by atoms with Crippen molar-refractivity contribution in [1.29, 1.82) is 0 Å². The molecule has 0 radical (unpaired) electrons. The van der Waals surface area contributed by atoms with Crippen LogP contribution in [0, 0.1) is 6.92 Å². The van der Waals surface area contributed by atoms with E-state index in [1.54, 1.807) is 11.3 Å². The Bertz CT molecular complexity index is 518. The van der Waals surface area contributed by atoms with E-state index in [9.17, 15) is 4.79 Å². The summed E-state index contributed by atoms with van der Waals surface area (Å²) >= 11 is 4.93. The molecule has 2 nitrogen and oxygen atoms in total. The van der Waals surface area contributed by atoms with Crippen LogP contribution in [0.5, 0.6) is 0 Å². The molecule has 1 aromatic carbocycles. The molecular weight excluding hydrogens is 298 g/mol. The van der Waals surface area contributed by atoms with Crippen LogP contribution in [0.4, 0.5) is 0 Å². The molecule has 0 spiro atoms. The Hall–Kier alpha value is -1.13. The third-order valence-corrected chi connectivity index (χ3v) is 3.86. The fourth-order valence-electron chi connectivity index (χ4n) is 1.47. The third kappa shape index (κ3) is 3.17. The topological polar surface area (TPSA) is 29.1 Å². The largest absolute Gasteiger partial charge is 0.348 e. The molecular formula is C13H12BrNOS. The second-order valence-electron chi connectivity index (χ2n) is 3.78. The molecule has 0 aliphatic carbocycles. The predicted molar refractivity (Wildman–Crippen MR) is 74.4 cm³/mol. The smallest absolute Gasteiger partial charge is 0.252 e. The van der Waals surface area contributed by atoms with Gasteiger partial charge >= 0.3 is 0 Å². The average molecular weight is 310 g/mol. The number of aryl methyl sites for hydroxylation is 1. The summed E-state index contributed by atoms with van der Waals surface area (Å²) in [7, 11) is 0. The predicted octanol–water partition coefficient (Wildman–Crippen LogP) is 3.75. The number of thiophene rings is 1. The maximum Gasteiger partial charge on any atom is 0.252 e. The van der Waals surface area contributed by atoms with Crippen LogP contribution in [0.3, 0.4) is 0 Å². The molecule has 1 aromatic heterocycles. The van der Waals surface area contributed by atoms with Crippen LogP contribution in [-0.2, 0) is 6.54 Å². The molecule has 17 heavy (non-hydrogen) atoms. The molecule has 88 valence electrons. The summed E-state index contributed by atoms with van der Waals surface area (Å²) < 4.78 is 1.04.